The molecular weight excluding hydrogens is 240 g/mol. The number of carbonyl (C=O) groups excluding carboxylic acids is 1. The predicted molar refractivity (Wildman–Crippen MR) is 70.1 cm³/mol. The minimum absolute atomic E-state index is 0.0840. The second-order valence-electron chi connectivity index (χ2n) is 5.27. The number of rotatable bonds is 7. The van der Waals surface area contributed by atoms with E-state index in [1.165, 1.54) is 0 Å². The third-order valence-electron chi connectivity index (χ3n) is 2.62. The molecule has 3 nitrogen and oxygen atoms in total. The first kappa shape index (κ1) is 16.7. The average Bonchev–Trinajstić information content (AvgIpc) is 2.21. The van der Waals surface area contributed by atoms with Crippen molar-refractivity contribution in [3.63, 3.8) is 0 Å². The Bertz CT molecular complexity index is 223. The van der Waals surface area contributed by atoms with E-state index in [1.807, 2.05) is 0 Å². The average molecular weight is 265 g/mol. The molecule has 0 aromatic heterocycles. The molecule has 0 aliphatic rings. The molecule has 0 aromatic rings. The number of carbonyl (C=O) groups is 1. The van der Waals surface area contributed by atoms with Gasteiger partial charge in [0.2, 0.25) is 0 Å². The van der Waals surface area contributed by atoms with E-state index in [2.05, 4.69) is 27.7 Å². The van der Waals surface area contributed by atoms with E-state index < -0.39 is 6.29 Å². The van der Waals surface area contributed by atoms with Gasteiger partial charge in [0, 0.05) is 5.88 Å². The maximum Gasteiger partial charge on any atom is 0.311 e. The minimum Gasteiger partial charge on any atom is -0.436 e. The van der Waals surface area contributed by atoms with Crippen LogP contribution >= 0.6 is 11.6 Å². The van der Waals surface area contributed by atoms with Gasteiger partial charge in [0.1, 0.15) is 0 Å². The van der Waals surface area contributed by atoms with Crippen LogP contribution in [0.1, 0.15) is 47.5 Å². The van der Waals surface area contributed by atoms with Crippen LogP contribution < -0.4 is 0 Å². The van der Waals surface area contributed by atoms with Crippen molar-refractivity contribution < 1.29 is 14.3 Å². The lowest BCUT2D eigenvalue weighted by Crippen LogP contribution is -2.33. The molecule has 0 amide bonds. The highest BCUT2D eigenvalue weighted by molar-refractivity contribution is 6.17. The number of halogens is 1. The summed E-state index contributed by atoms with van der Waals surface area (Å²) in [4.78, 5) is 12.0. The number of hydrogen-bond donors (Lipinski definition) is 0. The number of ether oxygens (including phenoxy) is 2. The van der Waals surface area contributed by atoms with Crippen LogP contribution in [0.15, 0.2) is 0 Å². The quantitative estimate of drug-likeness (QED) is 0.400. The van der Waals surface area contributed by atoms with E-state index >= 15 is 0 Å². The van der Waals surface area contributed by atoms with Gasteiger partial charge in [-0.25, -0.2) is 0 Å². The maximum atomic E-state index is 12.0. The topological polar surface area (TPSA) is 35.5 Å². The zero-order valence-electron chi connectivity index (χ0n) is 11.6. The lowest BCUT2D eigenvalue weighted by Gasteiger charge is -2.29. The second kappa shape index (κ2) is 7.93. The van der Waals surface area contributed by atoms with Crippen molar-refractivity contribution in [1.82, 2.24) is 0 Å². The molecule has 0 aliphatic carbocycles. The molecule has 0 heterocycles. The standard InChI is InChI=1S/C13H25ClO3/c1-6-7-11(13(3,4)5)12(15)17-10(2)16-9-8-14/h10-11H,6-9H2,1-5H3. The first-order chi connectivity index (χ1) is 7.82. The van der Waals surface area contributed by atoms with Crippen molar-refractivity contribution in [1.29, 1.82) is 0 Å². The van der Waals surface area contributed by atoms with Gasteiger partial charge in [-0.1, -0.05) is 34.1 Å². The van der Waals surface area contributed by atoms with Crippen molar-refractivity contribution in [2.75, 3.05) is 12.5 Å². The monoisotopic (exact) mass is 264 g/mol. The van der Waals surface area contributed by atoms with Crippen LogP contribution in [-0.4, -0.2) is 24.7 Å². The number of hydrogen-bond acceptors (Lipinski definition) is 3. The molecule has 0 saturated carbocycles. The van der Waals surface area contributed by atoms with Crippen molar-refractivity contribution in [2.24, 2.45) is 11.3 Å². The van der Waals surface area contributed by atoms with Crippen LogP contribution in [0, 0.1) is 11.3 Å². The van der Waals surface area contributed by atoms with Crippen LogP contribution in [0.25, 0.3) is 0 Å². The predicted octanol–water partition coefficient (Wildman–Crippen LogP) is 3.59. The summed E-state index contributed by atoms with van der Waals surface area (Å²) in [6.45, 7) is 10.3. The van der Waals surface area contributed by atoms with E-state index in [1.54, 1.807) is 6.92 Å². The van der Waals surface area contributed by atoms with Gasteiger partial charge in [-0.05, 0) is 18.8 Å². The molecule has 2 atom stereocenters. The van der Waals surface area contributed by atoms with E-state index in [-0.39, 0.29) is 17.3 Å². The Labute approximate surface area is 110 Å². The summed E-state index contributed by atoms with van der Waals surface area (Å²) in [5.74, 6) is 0.135. The maximum absolute atomic E-state index is 12.0. The van der Waals surface area contributed by atoms with Crippen molar-refractivity contribution in [3.05, 3.63) is 0 Å². The molecule has 0 fully saturated rings. The van der Waals surface area contributed by atoms with E-state index in [0.717, 1.165) is 12.8 Å². The highest BCUT2D eigenvalue weighted by Gasteiger charge is 2.32. The van der Waals surface area contributed by atoms with Gasteiger partial charge in [0.15, 0.2) is 6.29 Å². The smallest absolute Gasteiger partial charge is 0.311 e. The highest BCUT2D eigenvalue weighted by Crippen LogP contribution is 2.31. The first-order valence-electron chi connectivity index (χ1n) is 6.21. The fraction of sp³-hybridized carbons (Fsp3) is 0.923. The zero-order chi connectivity index (χ0) is 13.5. The molecular formula is C13H25ClO3. The van der Waals surface area contributed by atoms with Gasteiger partial charge in [-0.15, -0.1) is 11.6 Å². The number of alkyl halides is 1. The van der Waals surface area contributed by atoms with Crippen LogP contribution in [0.2, 0.25) is 0 Å². The Balaban J connectivity index is 4.33. The molecule has 0 aliphatic heterocycles. The van der Waals surface area contributed by atoms with E-state index in [9.17, 15) is 4.79 Å². The minimum atomic E-state index is -0.525. The molecule has 0 spiro atoms. The summed E-state index contributed by atoms with van der Waals surface area (Å²) >= 11 is 5.50. The van der Waals surface area contributed by atoms with Crippen molar-refractivity contribution >= 4 is 17.6 Å². The van der Waals surface area contributed by atoms with Gasteiger partial charge in [-0.3, -0.25) is 4.79 Å². The molecule has 102 valence electrons. The molecule has 0 aromatic carbocycles. The first-order valence-corrected chi connectivity index (χ1v) is 6.74. The Morgan fingerprint density at radius 3 is 2.35 bits per heavy atom. The summed E-state index contributed by atoms with van der Waals surface area (Å²) in [7, 11) is 0. The summed E-state index contributed by atoms with van der Waals surface area (Å²) in [6, 6.07) is 0. The van der Waals surface area contributed by atoms with Crippen molar-refractivity contribution in [3.8, 4) is 0 Å². The molecule has 0 N–H and O–H groups in total. The lowest BCUT2D eigenvalue weighted by atomic mass is 9.78. The fourth-order valence-electron chi connectivity index (χ4n) is 1.68. The summed E-state index contributed by atoms with van der Waals surface area (Å²) < 4.78 is 10.5. The normalized spacial score (nSPS) is 15.4. The van der Waals surface area contributed by atoms with Gasteiger partial charge in [0.25, 0.3) is 0 Å². The fourth-order valence-corrected chi connectivity index (χ4v) is 1.77. The highest BCUT2D eigenvalue weighted by atomic mass is 35.5. The molecule has 2 unspecified atom stereocenters. The van der Waals surface area contributed by atoms with E-state index in [4.69, 9.17) is 21.1 Å². The van der Waals surface area contributed by atoms with E-state index in [0.29, 0.717) is 12.5 Å². The van der Waals surface area contributed by atoms with Gasteiger partial charge in [-0.2, -0.15) is 0 Å². The largest absolute Gasteiger partial charge is 0.436 e. The van der Waals surface area contributed by atoms with Gasteiger partial charge in [0.05, 0.1) is 12.5 Å². The van der Waals surface area contributed by atoms with Crippen molar-refractivity contribution in [2.45, 2.75) is 53.8 Å². The van der Waals surface area contributed by atoms with Crippen LogP contribution in [0.5, 0.6) is 0 Å². The molecule has 17 heavy (non-hydrogen) atoms. The lowest BCUT2D eigenvalue weighted by molar-refractivity contribution is -0.182. The Morgan fingerprint density at radius 1 is 1.35 bits per heavy atom. The number of esters is 1. The molecule has 0 radical (unpaired) electrons. The third kappa shape index (κ3) is 6.89. The Hall–Kier alpha value is -0.280. The SMILES string of the molecule is CCCC(C(=O)OC(C)OCCCl)C(C)(C)C. The molecule has 0 saturated heterocycles. The van der Waals surface area contributed by atoms with Crippen LogP contribution in [0.4, 0.5) is 0 Å². The summed E-state index contributed by atoms with van der Waals surface area (Å²) in [5.41, 5.74) is -0.0840. The Morgan fingerprint density at radius 2 is 1.94 bits per heavy atom. The second-order valence-corrected chi connectivity index (χ2v) is 5.65. The van der Waals surface area contributed by atoms with Crippen LogP contribution in [0.3, 0.4) is 0 Å². The Kier molecular flexibility index (Phi) is 7.80. The molecule has 0 rings (SSSR count). The summed E-state index contributed by atoms with van der Waals surface area (Å²) in [5, 5.41) is 0. The molecule has 0 bridgehead atoms. The zero-order valence-corrected chi connectivity index (χ0v) is 12.3. The van der Waals surface area contributed by atoms with Gasteiger partial charge < -0.3 is 9.47 Å². The third-order valence-corrected chi connectivity index (χ3v) is 2.77. The summed E-state index contributed by atoms with van der Waals surface area (Å²) in [6.07, 6.45) is 1.28. The van der Waals surface area contributed by atoms with Crippen LogP contribution in [-0.2, 0) is 14.3 Å². The van der Waals surface area contributed by atoms with Gasteiger partial charge >= 0.3 is 5.97 Å². The molecule has 4 heteroatoms.